The number of benzene rings is 1. The van der Waals surface area contributed by atoms with E-state index in [1.165, 1.54) is 11.8 Å². The molecular weight excluding hydrogens is 312 g/mol. The summed E-state index contributed by atoms with van der Waals surface area (Å²) in [5.41, 5.74) is 0.263. The van der Waals surface area contributed by atoms with Gasteiger partial charge in [0.25, 0.3) is 0 Å². The number of nitro groups is 1. The van der Waals surface area contributed by atoms with Crippen LogP contribution in [0.1, 0.15) is 12.6 Å². The molecule has 0 saturated carbocycles. The van der Waals surface area contributed by atoms with Crippen molar-refractivity contribution in [2.24, 2.45) is 0 Å². The second kappa shape index (κ2) is 6.73. The van der Waals surface area contributed by atoms with Crippen LogP contribution >= 0.6 is 23.4 Å². The van der Waals surface area contributed by atoms with E-state index in [4.69, 9.17) is 11.6 Å². The minimum Gasteiger partial charge on any atom is -0.354 e. The summed E-state index contributed by atoms with van der Waals surface area (Å²) >= 11 is 7.05. The van der Waals surface area contributed by atoms with E-state index in [2.05, 4.69) is 15.3 Å². The van der Waals surface area contributed by atoms with Crippen molar-refractivity contribution in [3.05, 3.63) is 45.1 Å². The number of nitrogens with zero attached hydrogens (tertiary/aromatic N) is 3. The van der Waals surface area contributed by atoms with Crippen molar-refractivity contribution in [2.75, 3.05) is 11.9 Å². The van der Waals surface area contributed by atoms with Crippen LogP contribution in [0.4, 0.5) is 11.6 Å². The molecule has 0 spiro atoms. The zero-order chi connectivity index (χ0) is 15.4. The van der Waals surface area contributed by atoms with Crippen molar-refractivity contribution in [1.82, 2.24) is 9.97 Å². The van der Waals surface area contributed by atoms with Gasteiger partial charge in [-0.2, -0.15) is 4.98 Å². The molecule has 0 unspecified atom stereocenters. The summed E-state index contributed by atoms with van der Waals surface area (Å²) in [6, 6.07) is 7.05. The maximum Gasteiger partial charge on any atom is 0.322 e. The van der Waals surface area contributed by atoms with Crippen LogP contribution in [0.5, 0.6) is 0 Å². The van der Waals surface area contributed by atoms with Crippen LogP contribution in [0, 0.1) is 17.0 Å². The molecule has 0 aliphatic carbocycles. The lowest BCUT2D eigenvalue weighted by atomic mass is 10.4. The van der Waals surface area contributed by atoms with E-state index in [9.17, 15) is 10.1 Å². The molecule has 2 rings (SSSR count). The summed E-state index contributed by atoms with van der Waals surface area (Å²) < 4.78 is 0. The molecule has 8 heteroatoms. The predicted molar refractivity (Wildman–Crippen MR) is 83.2 cm³/mol. The van der Waals surface area contributed by atoms with Gasteiger partial charge in [-0.3, -0.25) is 10.1 Å². The average Bonchev–Trinajstić information content (AvgIpc) is 2.41. The van der Waals surface area contributed by atoms with E-state index >= 15 is 0 Å². The molecule has 1 aromatic heterocycles. The van der Waals surface area contributed by atoms with Crippen LogP contribution in [0.25, 0.3) is 0 Å². The summed E-state index contributed by atoms with van der Waals surface area (Å²) in [7, 11) is 0. The van der Waals surface area contributed by atoms with E-state index < -0.39 is 4.92 Å². The lowest BCUT2D eigenvalue weighted by molar-refractivity contribution is -0.389. The first kappa shape index (κ1) is 15.5. The third-order valence-electron chi connectivity index (χ3n) is 2.57. The Morgan fingerprint density at radius 3 is 2.57 bits per heavy atom. The first-order chi connectivity index (χ1) is 10.0. The highest BCUT2D eigenvalue weighted by atomic mass is 35.5. The van der Waals surface area contributed by atoms with Crippen molar-refractivity contribution in [3.8, 4) is 0 Å². The molecule has 1 N–H and O–H groups in total. The van der Waals surface area contributed by atoms with Crippen LogP contribution in [0.15, 0.2) is 34.2 Å². The Balaban J connectivity index is 2.43. The molecule has 0 aliphatic rings. The molecule has 0 amide bonds. The number of anilines is 1. The molecule has 0 bridgehead atoms. The fourth-order valence-corrected chi connectivity index (χ4v) is 2.75. The van der Waals surface area contributed by atoms with Gasteiger partial charge >= 0.3 is 5.69 Å². The van der Waals surface area contributed by atoms with Gasteiger partial charge in [0.2, 0.25) is 5.95 Å². The molecule has 0 atom stereocenters. The molecule has 6 nitrogen and oxygen atoms in total. The van der Waals surface area contributed by atoms with Crippen molar-refractivity contribution in [3.63, 3.8) is 0 Å². The second-order valence-corrected chi connectivity index (χ2v) is 5.63. The fraction of sp³-hybridized carbons (Fsp3) is 0.231. The Kier molecular flexibility index (Phi) is 4.98. The third-order valence-corrected chi connectivity index (χ3v) is 3.81. The van der Waals surface area contributed by atoms with E-state index in [0.717, 1.165) is 4.90 Å². The highest BCUT2D eigenvalue weighted by molar-refractivity contribution is 7.99. The van der Waals surface area contributed by atoms with Gasteiger partial charge in [-0.15, -0.1) is 0 Å². The van der Waals surface area contributed by atoms with Gasteiger partial charge in [0.1, 0.15) is 5.69 Å². The standard InChI is InChI=1S/C13H13ClN4O2S/c1-3-15-13-16-8(2)11(18(19)20)12(17-13)21-10-6-4-9(14)5-7-10/h4-7H,3H2,1-2H3,(H,15,16,17). The number of nitrogens with one attached hydrogen (secondary N) is 1. The highest BCUT2D eigenvalue weighted by Gasteiger charge is 2.22. The van der Waals surface area contributed by atoms with E-state index in [-0.39, 0.29) is 5.69 Å². The van der Waals surface area contributed by atoms with Gasteiger partial charge < -0.3 is 5.32 Å². The molecule has 0 saturated heterocycles. The van der Waals surface area contributed by atoms with Crippen LogP contribution < -0.4 is 5.32 Å². The third kappa shape index (κ3) is 3.83. The van der Waals surface area contributed by atoms with Gasteiger partial charge in [-0.05, 0) is 38.1 Å². The smallest absolute Gasteiger partial charge is 0.322 e. The van der Waals surface area contributed by atoms with E-state index in [1.807, 2.05) is 6.92 Å². The molecule has 1 aromatic carbocycles. The lowest BCUT2D eigenvalue weighted by Crippen LogP contribution is -2.07. The molecular formula is C13H13ClN4O2S. The molecule has 110 valence electrons. The number of aryl methyl sites for hydroxylation is 1. The predicted octanol–water partition coefficient (Wildman–Crippen LogP) is 3.93. The number of hydrogen-bond acceptors (Lipinski definition) is 6. The highest BCUT2D eigenvalue weighted by Crippen LogP contribution is 2.35. The maximum absolute atomic E-state index is 11.2. The minimum atomic E-state index is -0.455. The van der Waals surface area contributed by atoms with Crippen molar-refractivity contribution in [1.29, 1.82) is 0 Å². The quantitative estimate of drug-likeness (QED) is 0.510. The minimum absolute atomic E-state index is 0.0726. The zero-order valence-electron chi connectivity index (χ0n) is 11.5. The van der Waals surface area contributed by atoms with Gasteiger partial charge in [0, 0.05) is 16.5 Å². The first-order valence-electron chi connectivity index (χ1n) is 6.21. The van der Waals surface area contributed by atoms with Crippen LogP contribution in [-0.2, 0) is 0 Å². The number of rotatable bonds is 5. The Morgan fingerprint density at radius 2 is 2.00 bits per heavy atom. The van der Waals surface area contributed by atoms with Gasteiger partial charge in [0.05, 0.1) is 4.92 Å². The molecule has 0 aliphatic heterocycles. The molecule has 0 fully saturated rings. The molecule has 21 heavy (non-hydrogen) atoms. The largest absolute Gasteiger partial charge is 0.354 e. The fourth-order valence-electron chi connectivity index (χ4n) is 1.67. The van der Waals surface area contributed by atoms with Crippen molar-refractivity contribution >= 4 is 35.0 Å². The maximum atomic E-state index is 11.2. The van der Waals surface area contributed by atoms with E-state index in [0.29, 0.717) is 28.2 Å². The van der Waals surface area contributed by atoms with Gasteiger partial charge in [-0.1, -0.05) is 23.4 Å². The summed E-state index contributed by atoms with van der Waals surface area (Å²) in [5, 5.41) is 15.1. The number of aromatic nitrogens is 2. The lowest BCUT2D eigenvalue weighted by Gasteiger charge is -2.08. The van der Waals surface area contributed by atoms with Crippen LogP contribution in [0.2, 0.25) is 5.02 Å². The number of hydrogen-bond donors (Lipinski definition) is 1. The van der Waals surface area contributed by atoms with Crippen LogP contribution in [0.3, 0.4) is 0 Å². The Hall–Kier alpha value is -1.86. The Labute approximate surface area is 131 Å². The summed E-state index contributed by atoms with van der Waals surface area (Å²) in [6.45, 7) is 4.15. The summed E-state index contributed by atoms with van der Waals surface area (Å²) in [6.07, 6.45) is 0. The molecule has 1 heterocycles. The van der Waals surface area contributed by atoms with Gasteiger partial charge in [0.15, 0.2) is 5.03 Å². The normalized spacial score (nSPS) is 10.4. The van der Waals surface area contributed by atoms with Crippen molar-refractivity contribution in [2.45, 2.75) is 23.8 Å². The summed E-state index contributed by atoms with van der Waals surface area (Å²) in [5.74, 6) is 0.386. The zero-order valence-corrected chi connectivity index (χ0v) is 13.0. The Bertz CT molecular complexity index is 664. The summed E-state index contributed by atoms with van der Waals surface area (Å²) in [4.78, 5) is 19.9. The van der Waals surface area contributed by atoms with E-state index in [1.54, 1.807) is 31.2 Å². The SMILES string of the molecule is CCNc1nc(C)c([N+](=O)[O-])c(Sc2ccc(Cl)cc2)n1. The topological polar surface area (TPSA) is 81.0 Å². The van der Waals surface area contributed by atoms with Crippen molar-refractivity contribution < 1.29 is 4.92 Å². The average molecular weight is 325 g/mol. The Morgan fingerprint density at radius 1 is 1.33 bits per heavy atom. The second-order valence-electron chi connectivity index (χ2n) is 4.13. The molecule has 2 aromatic rings. The monoisotopic (exact) mass is 324 g/mol. The number of halogens is 1. The van der Waals surface area contributed by atoms with Crippen LogP contribution in [-0.4, -0.2) is 21.4 Å². The first-order valence-corrected chi connectivity index (χ1v) is 7.41. The van der Waals surface area contributed by atoms with Gasteiger partial charge in [-0.25, -0.2) is 4.98 Å². The molecule has 0 radical (unpaired) electrons.